The first kappa shape index (κ1) is 33.9. The summed E-state index contributed by atoms with van der Waals surface area (Å²) in [5.41, 5.74) is 5.48. The molecule has 0 saturated carbocycles. The maximum atomic E-state index is 10.6. The van der Waals surface area contributed by atoms with Crippen molar-refractivity contribution in [1.82, 2.24) is 0 Å². The lowest BCUT2D eigenvalue weighted by Crippen LogP contribution is -2.00. The molecule has 1 unspecified atom stereocenters. The molecular weight excluding hydrogens is 616 g/mol. The van der Waals surface area contributed by atoms with Gasteiger partial charge in [-0.25, -0.2) is 9.59 Å². The van der Waals surface area contributed by atoms with Crippen LogP contribution in [0.3, 0.4) is 0 Å². The Hall–Kier alpha value is -6.44. The average molecular weight is 651 g/mol. The van der Waals surface area contributed by atoms with Gasteiger partial charge < -0.3 is 24.2 Å². The third kappa shape index (κ3) is 10.5. The Kier molecular flexibility index (Phi) is 11.7. The number of furan rings is 2. The molecule has 49 heavy (non-hydrogen) atoms. The van der Waals surface area contributed by atoms with Crippen LogP contribution in [-0.2, 0) is 16.0 Å². The van der Waals surface area contributed by atoms with Crippen molar-refractivity contribution in [3.63, 3.8) is 0 Å². The van der Waals surface area contributed by atoms with E-state index in [1.54, 1.807) is 12.1 Å². The van der Waals surface area contributed by atoms with Gasteiger partial charge in [0.15, 0.2) is 0 Å². The van der Waals surface area contributed by atoms with Crippen molar-refractivity contribution in [2.45, 2.75) is 12.5 Å². The second-order valence-electron chi connectivity index (χ2n) is 10.9. The summed E-state index contributed by atoms with van der Waals surface area (Å²) in [7, 11) is 0. The molecule has 0 bridgehead atoms. The molecule has 7 nitrogen and oxygen atoms in total. The van der Waals surface area contributed by atoms with Crippen LogP contribution in [0.4, 0.5) is 0 Å². The van der Waals surface area contributed by atoms with E-state index >= 15 is 0 Å². The molecule has 6 rings (SSSR count). The molecule has 1 atom stereocenters. The summed E-state index contributed by atoms with van der Waals surface area (Å²) in [6.07, 6.45) is 8.76. The van der Waals surface area contributed by atoms with E-state index in [0.29, 0.717) is 17.9 Å². The minimum atomic E-state index is -0.991. The van der Waals surface area contributed by atoms with Crippen LogP contribution in [0.2, 0.25) is 0 Å². The monoisotopic (exact) mass is 650 g/mol. The standard InChI is InChI=1S/C21H18O4.C21H16O3/c22-18(14-16-6-4-5-15(13-16)9-12-21(23)24)20-11-10-19(25-20)17-7-2-1-3-8-17;22-21(23)14-10-17-6-4-5-16(15-17)9-11-19-12-13-20(24-19)18-7-2-1-3-8-18/h1-13,18,22H,14H2,(H,23,24);1-15H,(H,22,23)/b12-9+;11-9+,14-10+. The SMILES string of the molecule is O=C(O)/C=C/c1cccc(/C=C/c2ccc(-c3ccccc3)o2)c1.O=C(O)/C=C/c1cccc(CC(O)c2ccc(-c3ccccc3)o2)c1. The zero-order chi connectivity index (χ0) is 34.4. The Bertz CT molecular complexity index is 2060. The Labute approximate surface area is 284 Å². The molecule has 0 spiro atoms. The molecule has 0 saturated heterocycles. The lowest BCUT2D eigenvalue weighted by molar-refractivity contribution is -0.132. The number of hydrogen-bond donors (Lipinski definition) is 3. The molecule has 0 aliphatic rings. The number of aliphatic hydroxyl groups excluding tert-OH is 1. The third-order valence-electron chi connectivity index (χ3n) is 7.27. The van der Waals surface area contributed by atoms with E-state index < -0.39 is 18.0 Å². The van der Waals surface area contributed by atoms with E-state index in [9.17, 15) is 14.7 Å². The van der Waals surface area contributed by atoms with Crippen LogP contribution in [0.25, 0.3) is 47.0 Å². The molecule has 244 valence electrons. The average Bonchev–Trinajstić information content (AvgIpc) is 3.82. The largest absolute Gasteiger partial charge is 0.478 e. The summed E-state index contributed by atoms with van der Waals surface area (Å²) >= 11 is 0. The van der Waals surface area contributed by atoms with Crippen molar-refractivity contribution in [2.24, 2.45) is 0 Å². The Morgan fingerprint density at radius 2 is 1.08 bits per heavy atom. The third-order valence-corrected chi connectivity index (χ3v) is 7.27. The highest BCUT2D eigenvalue weighted by Crippen LogP contribution is 2.27. The lowest BCUT2D eigenvalue weighted by Gasteiger charge is -2.08. The highest BCUT2D eigenvalue weighted by molar-refractivity contribution is 5.86. The van der Waals surface area contributed by atoms with Gasteiger partial charge in [0.05, 0.1) is 0 Å². The molecule has 4 aromatic carbocycles. The molecule has 2 heterocycles. The summed E-state index contributed by atoms with van der Waals surface area (Å²) < 4.78 is 11.6. The van der Waals surface area contributed by atoms with E-state index in [0.717, 1.165) is 57.1 Å². The molecule has 0 radical (unpaired) electrons. The fraction of sp³-hybridized carbons (Fsp3) is 0.0476. The fourth-order valence-electron chi connectivity index (χ4n) is 4.92. The van der Waals surface area contributed by atoms with Gasteiger partial charge in [-0.3, -0.25) is 0 Å². The number of aliphatic carboxylic acids is 2. The van der Waals surface area contributed by atoms with E-state index in [-0.39, 0.29) is 0 Å². The molecule has 7 heteroatoms. The van der Waals surface area contributed by atoms with Crippen molar-refractivity contribution in [1.29, 1.82) is 0 Å². The number of carboxylic acids is 2. The summed E-state index contributed by atoms with van der Waals surface area (Å²) in [5, 5.41) is 27.8. The van der Waals surface area contributed by atoms with Crippen molar-refractivity contribution >= 4 is 36.2 Å². The van der Waals surface area contributed by atoms with Crippen LogP contribution in [0.1, 0.15) is 39.9 Å². The van der Waals surface area contributed by atoms with Gasteiger partial charge in [0, 0.05) is 29.7 Å². The molecule has 0 aliphatic heterocycles. The van der Waals surface area contributed by atoms with Gasteiger partial charge in [0.1, 0.15) is 29.1 Å². The molecule has 0 amide bonds. The van der Waals surface area contributed by atoms with Gasteiger partial charge >= 0.3 is 11.9 Å². The number of rotatable bonds is 11. The summed E-state index contributed by atoms with van der Waals surface area (Å²) in [6, 6.07) is 42.1. The van der Waals surface area contributed by atoms with Crippen LogP contribution in [0.5, 0.6) is 0 Å². The maximum absolute atomic E-state index is 10.6. The second kappa shape index (κ2) is 16.9. The molecular formula is C42H34O7. The number of aliphatic hydroxyl groups is 1. The summed E-state index contributed by atoms with van der Waals surface area (Å²) in [5.74, 6) is 0.862. The van der Waals surface area contributed by atoms with Crippen LogP contribution in [-0.4, -0.2) is 27.3 Å². The summed E-state index contributed by atoms with van der Waals surface area (Å²) in [4.78, 5) is 21.2. The van der Waals surface area contributed by atoms with Crippen LogP contribution < -0.4 is 0 Å². The molecule has 0 fully saturated rings. The zero-order valence-electron chi connectivity index (χ0n) is 26.4. The van der Waals surface area contributed by atoms with Gasteiger partial charge in [0.2, 0.25) is 0 Å². The topological polar surface area (TPSA) is 121 Å². The molecule has 0 aliphatic carbocycles. The van der Waals surface area contributed by atoms with E-state index in [1.165, 1.54) is 6.08 Å². The smallest absolute Gasteiger partial charge is 0.328 e. The highest BCUT2D eigenvalue weighted by atomic mass is 16.4. The predicted molar refractivity (Wildman–Crippen MR) is 192 cm³/mol. The number of benzene rings is 4. The van der Waals surface area contributed by atoms with Gasteiger partial charge in [-0.2, -0.15) is 0 Å². The minimum Gasteiger partial charge on any atom is -0.478 e. The fourth-order valence-corrected chi connectivity index (χ4v) is 4.92. The maximum Gasteiger partial charge on any atom is 0.328 e. The molecule has 6 aromatic rings. The lowest BCUT2D eigenvalue weighted by atomic mass is 10.0. The van der Waals surface area contributed by atoms with Gasteiger partial charge in [-0.05, 0) is 70.8 Å². The molecule has 2 aromatic heterocycles. The number of hydrogen-bond acceptors (Lipinski definition) is 5. The first-order chi connectivity index (χ1) is 23.8. The number of carbonyl (C=O) groups is 2. The minimum absolute atomic E-state index is 0.385. The number of carboxylic acid groups (broad SMARTS) is 2. The normalized spacial score (nSPS) is 11.9. The van der Waals surface area contributed by atoms with Gasteiger partial charge in [-0.1, -0.05) is 109 Å². The summed E-state index contributed by atoms with van der Waals surface area (Å²) in [6.45, 7) is 0. The second-order valence-corrected chi connectivity index (χ2v) is 10.9. The quantitative estimate of drug-likeness (QED) is 0.119. The molecule has 3 N–H and O–H groups in total. The van der Waals surface area contributed by atoms with Crippen molar-refractivity contribution in [3.8, 4) is 22.6 Å². The Morgan fingerprint density at radius 1 is 0.551 bits per heavy atom. The first-order valence-corrected chi connectivity index (χ1v) is 15.5. The van der Waals surface area contributed by atoms with Crippen molar-refractivity contribution < 1.29 is 33.7 Å². The van der Waals surface area contributed by atoms with Crippen LogP contribution in [0, 0.1) is 0 Å². The highest BCUT2D eigenvalue weighted by Gasteiger charge is 2.14. The van der Waals surface area contributed by atoms with E-state index in [2.05, 4.69) is 0 Å². The Morgan fingerprint density at radius 3 is 1.69 bits per heavy atom. The van der Waals surface area contributed by atoms with Crippen LogP contribution in [0.15, 0.2) is 154 Å². The van der Waals surface area contributed by atoms with Crippen molar-refractivity contribution in [3.05, 3.63) is 179 Å². The van der Waals surface area contributed by atoms with Crippen molar-refractivity contribution in [2.75, 3.05) is 0 Å². The predicted octanol–water partition coefficient (Wildman–Crippen LogP) is 9.54. The van der Waals surface area contributed by atoms with Gasteiger partial charge in [-0.15, -0.1) is 0 Å². The van der Waals surface area contributed by atoms with E-state index in [1.807, 2.05) is 140 Å². The zero-order valence-corrected chi connectivity index (χ0v) is 26.4. The Balaban J connectivity index is 0.000000191. The first-order valence-electron chi connectivity index (χ1n) is 15.5. The van der Waals surface area contributed by atoms with Gasteiger partial charge in [0.25, 0.3) is 0 Å². The van der Waals surface area contributed by atoms with Crippen LogP contribution >= 0.6 is 0 Å². The van der Waals surface area contributed by atoms with E-state index in [4.69, 9.17) is 19.0 Å².